The highest BCUT2D eigenvalue weighted by molar-refractivity contribution is 5.88. The van der Waals surface area contributed by atoms with Gasteiger partial charge in [-0.15, -0.1) is 0 Å². The fraction of sp³-hybridized carbons (Fsp3) is 0.417. The van der Waals surface area contributed by atoms with E-state index in [-0.39, 0.29) is 18.4 Å². The average molecular weight is 397 g/mol. The second-order valence-corrected chi connectivity index (χ2v) is 7.12. The SMILES string of the molecule is CCCCNC(=O)[C@@H](CC)N(Cc1ccccc1C)C(=O)COc1ccccc1. The van der Waals surface area contributed by atoms with E-state index < -0.39 is 6.04 Å². The Kier molecular flexibility index (Phi) is 9.22. The summed E-state index contributed by atoms with van der Waals surface area (Å²) in [5.74, 6) is 0.328. The Labute approximate surface area is 174 Å². The Morgan fingerprint density at radius 2 is 1.72 bits per heavy atom. The van der Waals surface area contributed by atoms with Gasteiger partial charge in [0.2, 0.25) is 5.91 Å². The minimum atomic E-state index is -0.529. The molecule has 0 aliphatic heterocycles. The monoisotopic (exact) mass is 396 g/mol. The van der Waals surface area contributed by atoms with Gasteiger partial charge in [0, 0.05) is 13.1 Å². The summed E-state index contributed by atoms with van der Waals surface area (Å²) in [5.41, 5.74) is 2.12. The number of carbonyl (C=O) groups is 2. The zero-order valence-corrected chi connectivity index (χ0v) is 17.7. The van der Waals surface area contributed by atoms with Crippen LogP contribution in [0.1, 0.15) is 44.2 Å². The fourth-order valence-corrected chi connectivity index (χ4v) is 3.14. The summed E-state index contributed by atoms with van der Waals surface area (Å²) < 4.78 is 5.67. The molecule has 156 valence electrons. The van der Waals surface area contributed by atoms with Gasteiger partial charge in [-0.2, -0.15) is 0 Å². The van der Waals surface area contributed by atoms with Gasteiger partial charge in [0.1, 0.15) is 11.8 Å². The zero-order chi connectivity index (χ0) is 21.1. The van der Waals surface area contributed by atoms with Crippen molar-refractivity contribution in [1.29, 1.82) is 0 Å². The van der Waals surface area contributed by atoms with Gasteiger partial charge in [-0.25, -0.2) is 0 Å². The molecule has 0 unspecified atom stereocenters. The zero-order valence-electron chi connectivity index (χ0n) is 17.7. The third-order valence-electron chi connectivity index (χ3n) is 4.92. The van der Waals surface area contributed by atoms with Crippen molar-refractivity contribution in [3.05, 3.63) is 65.7 Å². The first-order valence-corrected chi connectivity index (χ1v) is 10.4. The van der Waals surface area contributed by atoms with Crippen LogP contribution in [0.15, 0.2) is 54.6 Å². The summed E-state index contributed by atoms with van der Waals surface area (Å²) in [4.78, 5) is 27.5. The Morgan fingerprint density at radius 1 is 1.03 bits per heavy atom. The second kappa shape index (κ2) is 11.9. The van der Waals surface area contributed by atoms with Crippen LogP contribution in [0.2, 0.25) is 0 Å². The third-order valence-corrected chi connectivity index (χ3v) is 4.92. The van der Waals surface area contributed by atoms with E-state index in [9.17, 15) is 9.59 Å². The van der Waals surface area contributed by atoms with Crippen molar-refractivity contribution in [2.75, 3.05) is 13.2 Å². The molecular formula is C24H32N2O3. The summed E-state index contributed by atoms with van der Waals surface area (Å²) in [6.07, 6.45) is 2.47. The predicted molar refractivity (Wildman–Crippen MR) is 116 cm³/mol. The Bertz CT molecular complexity index is 777. The van der Waals surface area contributed by atoms with Crippen molar-refractivity contribution in [2.45, 2.75) is 52.6 Å². The number of benzene rings is 2. The summed E-state index contributed by atoms with van der Waals surface area (Å²) in [7, 11) is 0. The summed E-state index contributed by atoms with van der Waals surface area (Å²) in [6.45, 7) is 6.93. The number of amides is 2. The number of unbranched alkanes of at least 4 members (excludes halogenated alkanes) is 1. The van der Waals surface area contributed by atoms with Gasteiger partial charge in [-0.05, 0) is 43.0 Å². The molecule has 0 radical (unpaired) electrons. The molecule has 0 saturated heterocycles. The van der Waals surface area contributed by atoms with E-state index in [1.807, 2.05) is 68.4 Å². The first-order chi connectivity index (χ1) is 14.1. The minimum absolute atomic E-state index is 0.103. The largest absolute Gasteiger partial charge is 0.484 e. The molecular weight excluding hydrogens is 364 g/mol. The molecule has 5 nitrogen and oxygen atoms in total. The molecule has 2 amide bonds. The molecule has 1 N–H and O–H groups in total. The van der Waals surface area contributed by atoms with Gasteiger partial charge in [0.05, 0.1) is 0 Å². The molecule has 0 aliphatic carbocycles. The Balaban J connectivity index is 2.17. The molecule has 1 atom stereocenters. The lowest BCUT2D eigenvalue weighted by Crippen LogP contribution is -2.50. The van der Waals surface area contributed by atoms with Crippen LogP contribution in [0.25, 0.3) is 0 Å². The van der Waals surface area contributed by atoms with Crippen LogP contribution in [-0.4, -0.2) is 35.9 Å². The van der Waals surface area contributed by atoms with E-state index in [1.54, 1.807) is 4.90 Å². The first-order valence-electron chi connectivity index (χ1n) is 10.4. The van der Waals surface area contributed by atoms with E-state index in [2.05, 4.69) is 12.2 Å². The molecule has 2 aromatic carbocycles. The van der Waals surface area contributed by atoms with Crippen LogP contribution in [0, 0.1) is 6.92 Å². The van der Waals surface area contributed by atoms with Crippen LogP contribution in [0.5, 0.6) is 5.75 Å². The molecule has 0 aliphatic rings. The van der Waals surface area contributed by atoms with Crippen molar-refractivity contribution in [1.82, 2.24) is 10.2 Å². The lowest BCUT2D eigenvalue weighted by atomic mass is 10.1. The third kappa shape index (κ3) is 6.93. The van der Waals surface area contributed by atoms with Gasteiger partial charge < -0.3 is 15.0 Å². The summed E-state index contributed by atoms with van der Waals surface area (Å²) in [5, 5.41) is 2.97. The van der Waals surface area contributed by atoms with Crippen LogP contribution in [0.4, 0.5) is 0 Å². The molecule has 0 fully saturated rings. The van der Waals surface area contributed by atoms with Gasteiger partial charge in [0.25, 0.3) is 5.91 Å². The molecule has 2 rings (SSSR count). The maximum Gasteiger partial charge on any atom is 0.261 e. The van der Waals surface area contributed by atoms with Gasteiger partial charge >= 0.3 is 0 Å². The van der Waals surface area contributed by atoms with Crippen molar-refractivity contribution >= 4 is 11.8 Å². The maximum atomic E-state index is 13.1. The highest BCUT2D eigenvalue weighted by Crippen LogP contribution is 2.16. The molecule has 29 heavy (non-hydrogen) atoms. The van der Waals surface area contributed by atoms with Crippen molar-refractivity contribution in [3.63, 3.8) is 0 Å². The van der Waals surface area contributed by atoms with E-state index in [0.717, 1.165) is 24.0 Å². The quantitative estimate of drug-likeness (QED) is 0.582. The number of carbonyl (C=O) groups excluding carboxylic acids is 2. The molecule has 0 bridgehead atoms. The van der Waals surface area contributed by atoms with Crippen molar-refractivity contribution in [2.24, 2.45) is 0 Å². The standard InChI is InChI=1S/C24H32N2O3/c1-4-6-16-25-24(28)22(5-2)26(17-20-13-11-10-12-19(20)3)23(27)18-29-21-14-8-7-9-15-21/h7-15,22H,4-6,16-18H2,1-3H3,(H,25,28)/t22-/m1/s1. The van der Waals surface area contributed by atoms with E-state index >= 15 is 0 Å². The van der Waals surface area contributed by atoms with E-state index in [0.29, 0.717) is 25.3 Å². The summed E-state index contributed by atoms with van der Waals surface area (Å²) in [6, 6.07) is 16.6. The lowest BCUT2D eigenvalue weighted by molar-refractivity contribution is -0.143. The molecule has 0 saturated carbocycles. The molecule has 0 aromatic heterocycles. The topological polar surface area (TPSA) is 58.6 Å². The number of hydrogen-bond donors (Lipinski definition) is 1. The van der Waals surface area contributed by atoms with E-state index in [1.165, 1.54) is 0 Å². The maximum absolute atomic E-state index is 13.1. The van der Waals surface area contributed by atoms with Crippen molar-refractivity contribution < 1.29 is 14.3 Å². The first kappa shape index (κ1) is 22.5. The normalized spacial score (nSPS) is 11.6. The fourth-order valence-electron chi connectivity index (χ4n) is 3.14. The van der Waals surface area contributed by atoms with Crippen LogP contribution in [0.3, 0.4) is 0 Å². The number of aryl methyl sites for hydroxylation is 1. The number of rotatable bonds is 11. The van der Waals surface area contributed by atoms with Gasteiger partial charge in [-0.1, -0.05) is 62.7 Å². The van der Waals surface area contributed by atoms with Crippen LogP contribution >= 0.6 is 0 Å². The number of hydrogen-bond acceptors (Lipinski definition) is 3. The second-order valence-electron chi connectivity index (χ2n) is 7.12. The number of nitrogens with zero attached hydrogens (tertiary/aromatic N) is 1. The van der Waals surface area contributed by atoms with Crippen LogP contribution < -0.4 is 10.1 Å². The number of para-hydroxylation sites is 1. The van der Waals surface area contributed by atoms with Crippen molar-refractivity contribution in [3.8, 4) is 5.75 Å². The average Bonchev–Trinajstić information content (AvgIpc) is 2.74. The predicted octanol–water partition coefficient (Wildman–Crippen LogP) is 4.10. The molecule has 0 spiro atoms. The smallest absolute Gasteiger partial charge is 0.261 e. The highest BCUT2D eigenvalue weighted by atomic mass is 16.5. The number of ether oxygens (including phenoxy) is 1. The highest BCUT2D eigenvalue weighted by Gasteiger charge is 2.29. The Hall–Kier alpha value is -2.82. The molecule has 5 heteroatoms. The number of nitrogens with one attached hydrogen (secondary N) is 1. The minimum Gasteiger partial charge on any atom is -0.484 e. The van der Waals surface area contributed by atoms with Crippen LogP contribution in [-0.2, 0) is 16.1 Å². The molecule has 0 heterocycles. The van der Waals surface area contributed by atoms with E-state index in [4.69, 9.17) is 4.74 Å². The summed E-state index contributed by atoms with van der Waals surface area (Å²) >= 11 is 0. The lowest BCUT2D eigenvalue weighted by Gasteiger charge is -2.31. The van der Waals surface area contributed by atoms with Gasteiger partial charge in [-0.3, -0.25) is 9.59 Å². The van der Waals surface area contributed by atoms with Gasteiger partial charge in [0.15, 0.2) is 6.61 Å². The Morgan fingerprint density at radius 3 is 2.38 bits per heavy atom. The molecule has 2 aromatic rings.